The number of methoxy groups -OCH3 is 2. The molecule has 1 atom stereocenters. The second kappa shape index (κ2) is 11.9. The zero-order valence-corrected chi connectivity index (χ0v) is 24.3. The molecule has 0 aliphatic carbocycles. The quantitative estimate of drug-likeness (QED) is 0.404. The number of amides is 1. The molecule has 0 N–H and O–H groups in total. The molecule has 0 fully saturated rings. The van der Waals surface area contributed by atoms with Gasteiger partial charge in [0.05, 0.1) is 36.1 Å². The van der Waals surface area contributed by atoms with Crippen molar-refractivity contribution in [2.45, 2.75) is 46.8 Å². The molecule has 1 amide bonds. The maximum absolute atomic E-state index is 14.1. The second-order valence-corrected chi connectivity index (χ2v) is 10.4. The number of carbonyl (C=O) groups excluding carboxylic acids is 1. The number of nitrogens with zero attached hydrogens (tertiary/aromatic N) is 3. The van der Waals surface area contributed by atoms with Crippen molar-refractivity contribution in [3.05, 3.63) is 84.5 Å². The molecular formula is C30H35N3O5S. The van der Waals surface area contributed by atoms with Gasteiger partial charge in [0.2, 0.25) is 0 Å². The number of rotatable bonds is 9. The molecule has 1 aliphatic heterocycles. The number of benzene rings is 2. The van der Waals surface area contributed by atoms with E-state index in [1.165, 1.54) is 11.3 Å². The Kier molecular flexibility index (Phi) is 8.60. The number of ether oxygens (including phenoxy) is 3. The predicted molar refractivity (Wildman–Crippen MR) is 153 cm³/mol. The fourth-order valence-electron chi connectivity index (χ4n) is 4.73. The molecule has 206 valence electrons. The molecule has 0 saturated carbocycles. The molecule has 8 nitrogen and oxygen atoms in total. The fraction of sp³-hybridized carbons (Fsp3) is 0.367. The standard InChI is InChI=1S/C30H35N3O5S/c1-8-32(9-2)29(35)26-19(5)31-30-33(27(26)22-17-21(36-6)14-15-24(22)37-7)28(34)25(39-30)16-20-12-10-11-13-23(20)38-18(3)4/h10-18,27H,8-9H2,1-7H3/b25-16+/t27-/m0/s1. The van der Waals surface area contributed by atoms with E-state index in [0.717, 1.165) is 5.56 Å². The Hall–Kier alpha value is -3.85. The van der Waals surface area contributed by atoms with Gasteiger partial charge in [0.1, 0.15) is 23.3 Å². The lowest BCUT2D eigenvalue weighted by Gasteiger charge is -2.30. The maximum atomic E-state index is 14.1. The molecule has 2 aromatic carbocycles. The Balaban J connectivity index is 2.01. The number of aromatic nitrogens is 1. The first-order valence-corrected chi connectivity index (χ1v) is 13.8. The molecular weight excluding hydrogens is 514 g/mol. The molecule has 3 aromatic rings. The van der Waals surface area contributed by atoms with Gasteiger partial charge in [-0.3, -0.25) is 14.2 Å². The first-order valence-electron chi connectivity index (χ1n) is 13.0. The Bertz CT molecular complexity index is 1580. The number of hydrogen-bond acceptors (Lipinski definition) is 7. The van der Waals surface area contributed by atoms with Crippen molar-refractivity contribution in [1.29, 1.82) is 0 Å². The van der Waals surface area contributed by atoms with Crippen molar-refractivity contribution in [2.75, 3.05) is 27.3 Å². The van der Waals surface area contributed by atoms with Crippen LogP contribution in [0.4, 0.5) is 0 Å². The third-order valence-electron chi connectivity index (χ3n) is 6.60. The van der Waals surface area contributed by atoms with Gasteiger partial charge in [0.15, 0.2) is 4.80 Å². The highest BCUT2D eigenvalue weighted by Gasteiger charge is 2.36. The summed E-state index contributed by atoms with van der Waals surface area (Å²) < 4.78 is 19.3. The lowest BCUT2D eigenvalue weighted by Crippen LogP contribution is -2.43. The summed E-state index contributed by atoms with van der Waals surface area (Å²) in [5.74, 6) is 1.67. The summed E-state index contributed by atoms with van der Waals surface area (Å²) in [4.78, 5) is 35.0. The summed E-state index contributed by atoms with van der Waals surface area (Å²) >= 11 is 1.29. The van der Waals surface area contributed by atoms with Gasteiger partial charge >= 0.3 is 0 Å². The number of para-hydroxylation sites is 1. The first-order chi connectivity index (χ1) is 18.7. The van der Waals surface area contributed by atoms with Crippen LogP contribution < -0.4 is 29.1 Å². The predicted octanol–water partition coefficient (Wildman–Crippen LogP) is 3.91. The average molecular weight is 550 g/mol. The zero-order valence-electron chi connectivity index (χ0n) is 23.5. The van der Waals surface area contributed by atoms with Crippen molar-refractivity contribution >= 4 is 23.3 Å². The Morgan fingerprint density at radius 2 is 1.82 bits per heavy atom. The summed E-state index contributed by atoms with van der Waals surface area (Å²) in [5, 5.41) is 0. The second-order valence-electron chi connectivity index (χ2n) is 9.37. The summed E-state index contributed by atoms with van der Waals surface area (Å²) in [6.07, 6.45) is 1.81. The van der Waals surface area contributed by atoms with Crippen LogP contribution in [0.1, 0.15) is 51.8 Å². The molecule has 39 heavy (non-hydrogen) atoms. The highest BCUT2D eigenvalue weighted by atomic mass is 32.1. The Morgan fingerprint density at radius 1 is 1.10 bits per heavy atom. The lowest BCUT2D eigenvalue weighted by atomic mass is 9.93. The van der Waals surface area contributed by atoms with E-state index in [9.17, 15) is 9.59 Å². The van der Waals surface area contributed by atoms with Gasteiger partial charge in [-0.05, 0) is 65.0 Å². The van der Waals surface area contributed by atoms with Gasteiger partial charge in [-0.15, -0.1) is 0 Å². The topological polar surface area (TPSA) is 82.4 Å². The summed E-state index contributed by atoms with van der Waals surface area (Å²) in [5.41, 5.74) is 2.20. The molecule has 0 unspecified atom stereocenters. The van der Waals surface area contributed by atoms with Crippen molar-refractivity contribution in [3.63, 3.8) is 0 Å². The number of hydrogen-bond donors (Lipinski definition) is 0. The minimum atomic E-state index is -0.747. The van der Waals surface area contributed by atoms with Crippen molar-refractivity contribution in [1.82, 2.24) is 9.47 Å². The van der Waals surface area contributed by atoms with Crippen LogP contribution in [0, 0.1) is 0 Å². The SMILES string of the molecule is CCN(CC)C(=O)C1=C(C)N=c2s/c(=C/c3ccccc3OC(C)C)c(=O)n2[C@H]1c1cc(OC)ccc1OC. The van der Waals surface area contributed by atoms with E-state index in [4.69, 9.17) is 19.2 Å². The molecule has 1 aliphatic rings. The van der Waals surface area contributed by atoms with Crippen LogP contribution in [0.2, 0.25) is 0 Å². The summed E-state index contributed by atoms with van der Waals surface area (Å²) in [6.45, 7) is 10.7. The maximum Gasteiger partial charge on any atom is 0.271 e. The zero-order chi connectivity index (χ0) is 28.3. The number of carbonyl (C=O) groups is 1. The Labute approximate surface area is 232 Å². The highest BCUT2D eigenvalue weighted by Crippen LogP contribution is 2.38. The molecule has 1 aromatic heterocycles. The van der Waals surface area contributed by atoms with E-state index in [1.807, 2.05) is 71.0 Å². The van der Waals surface area contributed by atoms with Crippen LogP contribution in [0.5, 0.6) is 17.2 Å². The van der Waals surface area contributed by atoms with E-state index in [-0.39, 0.29) is 17.6 Å². The normalized spacial score (nSPS) is 15.2. The van der Waals surface area contributed by atoms with Crippen LogP contribution in [0.15, 0.2) is 63.5 Å². The van der Waals surface area contributed by atoms with Gasteiger partial charge in [0, 0.05) is 24.2 Å². The van der Waals surface area contributed by atoms with Crippen LogP contribution in [-0.4, -0.2) is 48.8 Å². The van der Waals surface area contributed by atoms with E-state index in [0.29, 0.717) is 56.5 Å². The molecule has 0 saturated heterocycles. The Morgan fingerprint density at radius 3 is 2.46 bits per heavy atom. The smallest absolute Gasteiger partial charge is 0.271 e. The van der Waals surface area contributed by atoms with Gasteiger partial charge < -0.3 is 19.1 Å². The monoisotopic (exact) mass is 549 g/mol. The molecule has 2 heterocycles. The molecule has 0 bridgehead atoms. The van der Waals surface area contributed by atoms with Crippen molar-refractivity contribution < 1.29 is 19.0 Å². The molecule has 9 heteroatoms. The lowest BCUT2D eigenvalue weighted by molar-refractivity contribution is -0.127. The fourth-order valence-corrected chi connectivity index (χ4v) is 5.76. The van der Waals surface area contributed by atoms with Gasteiger partial charge in [-0.2, -0.15) is 0 Å². The van der Waals surface area contributed by atoms with Crippen LogP contribution in [0.3, 0.4) is 0 Å². The number of likely N-dealkylation sites (N-methyl/N-ethyl adjacent to an activating group) is 1. The number of thiazole rings is 1. The van der Waals surface area contributed by atoms with Crippen LogP contribution >= 0.6 is 11.3 Å². The van der Waals surface area contributed by atoms with Gasteiger partial charge in [-0.25, -0.2) is 4.99 Å². The molecule has 0 radical (unpaired) electrons. The van der Waals surface area contributed by atoms with Crippen LogP contribution in [0.25, 0.3) is 6.08 Å². The third kappa shape index (κ3) is 5.49. The van der Waals surface area contributed by atoms with E-state index in [2.05, 4.69) is 0 Å². The number of fused-ring (bicyclic) bond motifs is 1. The summed E-state index contributed by atoms with van der Waals surface area (Å²) in [6, 6.07) is 12.3. The molecule has 0 spiro atoms. The average Bonchev–Trinajstić information content (AvgIpc) is 3.22. The summed E-state index contributed by atoms with van der Waals surface area (Å²) in [7, 11) is 3.15. The van der Waals surface area contributed by atoms with Gasteiger partial charge in [-0.1, -0.05) is 29.5 Å². The largest absolute Gasteiger partial charge is 0.497 e. The van der Waals surface area contributed by atoms with Gasteiger partial charge in [0.25, 0.3) is 11.5 Å². The van der Waals surface area contributed by atoms with E-state index >= 15 is 0 Å². The highest BCUT2D eigenvalue weighted by molar-refractivity contribution is 7.07. The van der Waals surface area contributed by atoms with Crippen LogP contribution in [-0.2, 0) is 4.79 Å². The minimum Gasteiger partial charge on any atom is -0.497 e. The first kappa shape index (κ1) is 28.2. The van der Waals surface area contributed by atoms with E-state index < -0.39 is 6.04 Å². The number of allylic oxidation sites excluding steroid dienone is 1. The molecule has 4 rings (SSSR count). The van der Waals surface area contributed by atoms with Crippen molar-refractivity contribution in [3.8, 4) is 17.2 Å². The van der Waals surface area contributed by atoms with E-state index in [1.54, 1.807) is 35.8 Å². The minimum absolute atomic E-state index is 0.0161. The third-order valence-corrected chi connectivity index (χ3v) is 7.59. The van der Waals surface area contributed by atoms with Crippen molar-refractivity contribution in [2.24, 2.45) is 4.99 Å².